The quantitative estimate of drug-likeness (QED) is 0.870. The molecule has 0 unspecified atom stereocenters. The summed E-state index contributed by atoms with van der Waals surface area (Å²) >= 11 is 3.44. The minimum absolute atomic E-state index is 0.120. The van der Waals surface area contributed by atoms with Gasteiger partial charge in [-0.3, -0.25) is 4.79 Å². The number of aromatic nitrogens is 1. The molecule has 4 nitrogen and oxygen atoms in total. The van der Waals surface area contributed by atoms with Crippen LogP contribution in [0.2, 0.25) is 0 Å². The van der Waals surface area contributed by atoms with Crippen molar-refractivity contribution in [3.8, 4) is 0 Å². The van der Waals surface area contributed by atoms with Gasteiger partial charge in [0.25, 0.3) is 5.91 Å². The van der Waals surface area contributed by atoms with Crippen LogP contribution in [0.15, 0.2) is 47.1 Å². The van der Waals surface area contributed by atoms with E-state index in [0.29, 0.717) is 5.56 Å². The topological polar surface area (TPSA) is 45.2 Å². The molecule has 1 aromatic heterocycles. The summed E-state index contributed by atoms with van der Waals surface area (Å²) in [5.74, 6) is 1.54. The fraction of sp³-hybridized carbons (Fsp3) is 0.333. The number of amides is 1. The largest absolute Gasteiger partial charge is 0.357 e. The molecular formula is C18H20BrN3O. The average Bonchev–Trinajstić information content (AvgIpc) is 2.58. The lowest BCUT2D eigenvalue weighted by molar-refractivity contribution is 0.102. The van der Waals surface area contributed by atoms with Gasteiger partial charge >= 0.3 is 0 Å². The molecule has 1 saturated heterocycles. The van der Waals surface area contributed by atoms with Crippen LogP contribution in [0.5, 0.6) is 0 Å². The van der Waals surface area contributed by atoms with Crippen molar-refractivity contribution in [3.63, 3.8) is 0 Å². The van der Waals surface area contributed by atoms with Crippen LogP contribution in [0, 0.1) is 5.92 Å². The predicted molar refractivity (Wildman–Crippen MR) is 96.9 cm³/mol. The summed E-state index contributed by atoms with van der Waals surface area (Å²) in [4.78, 5) is 19.2. The molecule has 120 valence electrons. The van der Waals surface area contributed by atoms with Gasteiger partial charge < -0.3 is 10.2 Å². The molecule has 1 aromatic carbocycles. The van der Waals surface area contributed by atoms with E-state index in [-0.39, 0.29) is 5.91 Å². The molecule has 0 saturated carbocycles. The number of para-hydroxylation sites is 1. The van der Waals surface area contributed by atoms with Crippen LogP contribution >= 0.6 is 15.9 Å². The Labute approximate surface area is 145 Å². The van der Waals surface area contributed by atoms with Crippen molar-refractivity contribution in [1.82, 2.24) is 4.98 Å². The Kier molecular flexibility index (Phi) is 4.96. The second kappa shape index (κ2) is 7.13. The number of rotatable bonds is 3. The standard InChI is InChI=1S/C18H20BrN3O/c1-13-7-10-22(11-8-13)17-12-14(6-9-20-17)18(23)21-16-5-3-2-4-15(16)19/h2-6,9,12-13H,7-8,10-11H2,1H3,(H,21,23). The van der Waals surface area contributed by atoms with E-state index in [2.05, 4.69) is 38.1 Å². The van der Waals surface area contributed by atoms with E-state index in [4.69, 9.17) is 0 Å². The number of benzene rings is 1. The third kappa shape index (κ3) is 3.91. The highest BCUT2D eigenvalue weighted by Gasteiger charge is 2.18. The summed E-state index contributed by atoms with van der Waals surface area (Å²) in [7, 11) is 0. The molecule has 0 spiro atoms. The van der Waals surface area contributed by atoms with E-state index in [0.717, 1.165) is 35.0 Å². The Balaban J connectivity index is 1.74. The van der Waals surface area contributed by atoms with Crippen LogP contribution in [0.3, 0.4) is 0 Å². The summed E-state index contributed by atoms with van der Waals surface area (Å²) in [6.45, 7) is 4.29. The Hall–Kier alpha value is -1.88. The maximum Gasteiger partial charge on any atom is 0.255 e. The van der Waals surface area contributed by atoms with Gasteiger partial charge in [0.05, 0.1) is 5.69 Å². The zero-order valence-electron chi connectivity index (χ0n) is 13.1. The Morgan fingerprint density at radius 2 is 2.00 bits per heavy atom. The number of halogens is 1. The summed E-state index contributed by atoms with van der Waals surface area (Å²) in [5.41, 5.74) is 1.40. The number of nitrogens with zero attached hydrogens (tertiary/aromatic N) is 2. The average molecular weight is 374 g/mol. The van der Waals surface area contributed by atoms with Gasteiger partial charge in [-0.05, 0) is 59.0 Å². The molecule has 5 heteroatoms. The molecule has 2 heterocycles. The van der Waals surface area contributed by atoms with Gasteiger partial charge in [-0.2, -0.15) is 0 Å². The monoisotopic (exact) mass is 373 g/mol. The molecule has 23 heavy (non-hydrogen) atoms. The molecule has 0 bridgehead atoms. The number of anilines is 2. The van der Waals surface area contributed by atoms with Gasteiger partial charge in [0.1, 0.15) is 5.82 Å². The molecule has 1 aliphatic heterocycles. The number of hydrogen-bond acceptors (Lipinski definition) is 3. The van der Waals surface area contributed by atoms with E-state index in [1.807, 2.05) is 30.3 Å². The molecule has 0 aliphatic carbocycles. The highest BCUT2D eigenvalue weighted by molar-refractivity contribution is 9.10. The molecule has 1 amide bonds. The minimum Gasteiger partial charge on any atom is -0.357 e. The van der Waals surface area contributed by atoms with Crippen molar-refractivity contribution in [2.24, 2.45) is 5.92 Å². The lowest BCUT2D eigenvalue weighted by Crippen LogP contribution is -2.33. The normalized spacial score (nSPS) is 15.5. The van der Waals surface area contributed by atoms with Gasteiger partial charge in [-0.25, -0.2) is 4.98 Å². The molecule has 0 radical (unpaired) electrons. The summed E-state index contributed by atoms with van der Waals surface area (Å²) in [6, 6.07) is 11.2. The molecular weight excluding hydrogens is 354 g/mol. The lowest BCUT2D eigenvalue weighted by atomic mass is 9.99. The van der Waals surface area contributed by atoms with Crippen molar-refractivity contribution in [3.05, 3.63) is 52.6 Å². The third-order valence-corrected chi connectivity index (χ3v) is 4.93. The van der Waals surface area contributed by atoms with Crippen LogP contribution in [-0.2, 0) is 0 Å². The zero-order chi connectivity index (χ0) is 16.2. The maximum absolute atomic E-state index is 12.5. The first kappa shape index (κ1) is 16.0. The predicted octanol–water partition coefficient (Wildman–Crippen LogP) is 4.33. The van der Waals surface area contributed by atoms with E-state index in [1.165, 1.54) is 12.8 Å². The van der Waals surface area contributed by atoms with E-state index in [1.54, 1.807) is 12.3 Å². The minimum atomic E-state index is -0.120. The van der Waals surface area contributed by atoms with Crippen molar-refractivity contribution >= 4 is 33.3 Å². The molecule has 1 aliphatic rings. The van der Waals surface area contributed by atoms with Crippen molar-refractivity contribution in [2.45, 2.75) is 19.8 Å². The summed E-state index contributed by atoms with van der Waals surface area (Å²) < 4.78 is 0.868. The smallest absolute Gasteiger partial charge is 0.255 e. The lowest BCUT2D eigenvalue weighted by Gasteiger charge is -2.31. The number of hydrogen-bond donors (Lipinski definition) is 1. The maximum atomic E-state index is 12.5. The van der Waals surface area contributed by atoms with E-state index < -0.39 is 0 Å². The van der Waals surface area contributed by atoms with Crippen LogP contribution in [0.4, 0.5) is 11.5 Å². The van der Waals surface area contributed by atoms with Gasteiger partial charge in [-0.15, -0.1) is 0 Å². The second-order valence-corrected chi connectivity index (χ2v) is 6.86. The Bertz CT molecular complexity index is 696. The van der Waals surface area contributed by atoms with Crippen molar-refractivity contribution < 1.29 is 4.79 Å². The third-order valence-electron chi connectivity index (χ3n) is 4.24. The number of pyridine rings is 1. The molecule has 1 fully saturated rings. The first-order chi connectivity index (χ1) is 11.1. The molecule has 3 rings (SSSR count). The highest BCUT2D eigenvalue weighted by atomic mass is 79.9. The van der Waals surface area contributed by atoms with Gasteiger partial charge in [-0.1, -0.05) is 19.1 Å². The van der Waals surface area contributed by atoms with E-state index in [9.17, 15) is 4.79 Å². The summed E-state index contributed by atoms with van der Waals surface area (Å²) in [6.07, 6.45) is 4.06. The van der Waals surface area contributed by atoms with Crippen molar-refractivity contribution in [1.29, 1.82) is 0 Å². The van der Waals surface area contributed by atoms with Crippen LogP contribution in [0.25, 0.3) is 0 Å². The fourth-order valence-electron chi connectivity index (χ4n) is 2.73. The first-order valence-corrected chi connectivity index (χ1v) is 8.69. The summed E-state index contributed by atoms with van der Waals surface area (Å²) in [5, 5.41) is 2.93. The Morgan fingerprint density at radius 1 is 1.26 bits per heavy atom. The zero-order valence-corrected chi connectivity index (χ0v) is 14.7. The second-order valence-electron chi connectivity index (χ2n) is 6.01. The first-order valence-electron chi connectivity index (χ1n) is 7.90. The SMILES string of the molecule is CC1CCN(c2cc(C(=O)Nc3ccccc3Br)ccn2)CC1. The molecule has 1 N–H and O–H groups in total. The van der Waals surface area contributed by atoms with Crippen LogP contribution in [-0.4, -0.2) is 24.0 Å². The van der Waals surface area contributed by atoms with Crippen LogP contribution < -0.4 is 10.2 Å². The van der Waals surface area contributed by atoms with E-state index >= 15 is 0 Å². The van der Waals surface area contributed by atoms with Gasteiger partial charge in [0.15, 0.2) is 0 Å². The number of carbonyl (C=O) groups is 1. The fourth-order valence-corrected chi connectivity index (χ4v) is 3.11. The highest BCUT2D eigenvalue weighted by Crippen LogP contribution is 2.24. The van der Waals surface area contributed by atoms with Crippen LogP contribution in [0.1, 0.15) is 30.1 Å². The Morgan fingerprint density at radius 3 is 2.74 bits per heavy atom. The number of piperidine rings is 1. The number of carbonyl (C=O) groups excluding carboxylic acids is 1. The number of nitrogens with one attached hydrogen (secondary N) is 1. The molecule has 0 atom stereocenters. The van der Waals surface area contributed by atoms with Gasteiger partial charge in [0, 0.05) is 29.3 Å². The van der Waals surface area contributed by atoms with Crippen molar-refractivity contribution in [2.75, 3.05) is 23.3 Å². The van der Waals surface area contributed by atoms with Gasteiger partial charge in [0.2, 0.25) is 0 Å². The molecule has 2 aromatic rings.